The van der Waals surface area contributed by atoms with Crippen LogP contribution in [0.1, 0.15) is 0 Å². The molecular formula is H8NOSbW. The Kier molecular flexibility index (Phi) is 334. The molecule has 0 fully saturated rings. The third-order valence-corrected chi connectivity index (χ3v) is 0. The zero-order valence-corrected chi connectivity index (χ0v) is 9.29. The first-order chi connectivity index (χ1) is 0. The van der Waals surface area contributed by atoms with Crippen molar-refractivity contribution in [2.45, 2.75) is 0 Å². The van der Waals surface area contributed by atoms with Gasteiger partial charge in [-0.25, -0.2) is 0 Å². The van der Waals surface area contributed by atoms with E-state index in [1.165, 1.54) is 0 Å². The first-order valence-electron chi connectivity index (χ1n) is 0. The average molecular weight is 344 g/mol. The third-order valence-electron chi connectivity index (χ3n) is 0. The Morgan fingerprint density at radius 1 is 1.00 bits per heavy atom. The van der Waals surface area contributed by atoms with Crippen LogP contribution in [0.3, 0.4) is 0 Å². The molecule has 0 atom stereocenters. The van der Waals surface area contributed by atoms with E-state index in [2.05, 4.69) is 0 Å². The molecule has 0 saturated carbocycles. The van der Waals surface area contributed by atoms with Crippen LogP contribution in [0.4, 0.5) is 0 Å². The monoisotopic (exact) mass is 343 g/mol. The molecule has 0 radical (unpaired) electrons. The van der Waals surface area contributed by atoms with E-state index in [4.69, 9.17) is 0 Å². The summed E-state index contributed by atoms with van der Waals surface area (Å²) in [6, 6.07) is 0. The fourth-order valence-electron chi connectivity index (χ4n) is 0. The van der Waals surface area contributed by atoms with Crippen molar-refractivity contribution in [2.75, 3.05) is 0 Å². The Labute approximate surface area is 56.9 Å². The van der Waals surface area contributed by atoms with Crippen LogP contribution in [0.25, 0.3) is 0 Å². The van der Waals surface area contributed by atoms with Gasteiger partial charge in [-0.05, 0) is 0 Å². The summed E-state index contributed by atoms with van der Waals surface area (Å²) >= 11 is 0. The van der Waals surface area contributed by atoms with Crippen molar-refractivity contribution in [3.05, 3.63) is 0 Å². The molecule has 0 spiro atoms. The van der Waals surface area contributed by atoms with Gasteiger partial charge in [-0.3, -0.25) is 0 Å². The third kappa shape index (κ3) is 9.91. The van der Waals surface area contributed by atoms with Gasteiger partial charge in [-0.2, -0.15) is 0 Å². The molecule has 4 heavy (non-hydrogen) atoms. The van der Waals surface area contributed by atoms with Gasteiger partial charge >= 0.3 is 24.4 Å². The molecule has 0 aromatic rings. The molecule has 5 N–H and O–H groups in total. The fraction of sp³-hybridized carbons (Fsp3) is 0. The summed E-state index contributed by atoms with van der Waals surface area (Å²) < 4.78 is 0. The van der Waals surface area contributed by atoms with Gasteiger partial charge in [0.25, 0.3) is 0 Å². The molecule has 0 heterocycles. The molecule has 0 saturated heterocycles. The molecule has 0 aliphatic rings. The summed E-state index contributed by atoms with van der Waals surface area (Å²) in [6.07, 6.45) is 0. The Bertz CT molecular complexity index is 8.00. The topological polar surface area (TPSA) is 66.5 Å². The Hall–Kier alpha value is 1.43. The van der Waals surface area contributed by atoms with Crippen LogP contribution < -0.4 is 6.15 Å². The quantitative estimate of drug-likeness (QED) is 0.516. The van der Waals surface area contributed by atoms with Gasteiger partial charge < -0.3 is 11.6 Å². The van der Waals surface area contributed by atoms with Crippen LogP contribution in [0.15, 0.2) is 0 Å². The molecule has 0 bridgehead atoms. The van der Waals surface area contributed by atoms with Crippen LogP contribution in [0, 0.1) is 0 Å². The second-order valence-electron chi connectivity index (χ2n) is 0. The smallest absolute Gasteiger partial charge is 0 e. The van der Waals surface area contributed by atoms with Crippen molar-refractivity contribution >= 4 is 24.4 Å². The molecule has 0 amide bonds. The maximum Gasteiger partial charge on any atom is 0 e. The summed E-state index contributed by atoms with van der Waals surface area (Å²) in [5.74, 6) is 0. The minimum absolute atomic E-state index is 0. The molecule has 0 aliphatic carbocycles. The summed E-state index contributed by atoms with van der Waals surface area (Å²) in [6.45, 7) is 0. The van der Waals surface area contributed by atoms with Gasteiger partial charge in [0.05, 0.1) is 0 Å². The zero-order chi connectivity index (χ0) is 0. The van der Waals surface area contributed by atoms with Gasteiger partial charge in [0, 0.05) is 21.1 Å². The number of rotatable bonds is 0. The SMILES string of the molecule is N.O.[SbH3].[W]. The van der Waals surface area contributed by atoms with Gasteiger partial charge in [0.1, 0.15) is 0 Å². The van der Waals surface area contributed by atoms with Gasteiger partial charge in [0.2, 0.25) is 0 Å². The van der Waals surface area contributed by atoms with E-state index in [1.54, 1.807) is 0 Å². The predicted molar refractivity (Wildman–Crippen MR) is 18.6 cm³/mol. The van der Waals surface area contributed by atoms with Crippen molar-refractivity contribution in [1.82, 2.24) is 6.15 Å². The first kappa shape index (κ1) is 52.3. The Balaban J connectivity index is 0. The second-order valence-corrected chi connectivity index (χ2v) is 0. The van der Waals surface area contributed by atoms with E-state index in [9.17, 15) is 0 Å². The normalized spacial score (nSPS) is 0. The molecule has 0 aliphatic heterocycles. The molecular weight excluding hydrogens is 336 g/mol. The maximum atomic E-state index is 0. The largest absolute Gasteiger partial charge is 0 e. The minimum atomic E-state index is 0. The predicted octanol–water partition coefficient (Wildman–Crippen LogP) is -1.85. The van der Waals surface area contributed by atoms with E-state index in [1.807, 2.05) is 0 Å². The van der Waals surface area contributed by atoms with Crippen molar-refractivity contribution < 1.29 is 26.5 Å². The second kappa shape index (κ2) is 25.5. The van der Waals surface area contributed by atoms with Crippen LogP contribution in [0.5, 0.6) is 0 Å². The van der Waals surface area contributed by atoms with Crippen LogP contribution in [-0.2, 0) is 21.1 Å². The van der Waals surface area contributed by atoms with Crippen molar-refractivity contribution in [3.63, 3.8) is 0 Å². The van der Waals surface area contributed by atoms with E-state index in [-0.39, 0.29) is 57.1 Å². The van der Waals surface area contributed by atoms with E-state index >= 15 is 0 Å². The average Bonchev–Trinajstić information content (AvgIpc) is 0. The van der Waals surface area contributed by atoms with Crippen molar-refractivity contribution in [1.29, 1.82) is 0 Å². The molecule has 4 heteroatoms. The summed E-state index contributed by atoms with van der Waals surface area (Å²) in [7, 11) is 0. The van der Waals surface area contributed by atoms with E-state index < -0.39 is 0 Å². The molecule has 2 nitrogen and oxygen atoms in total. The van der Waals surface area contributed by atoms with Crippen LogP contribution >= 0.6 is 0 Å². The zero-order valence-electron chi connectivity index (χ0n) is 2.32. The van der Waals surface area contributed by atoms with Crippen LogP contribution in [-0.4, -0.2) is 29.9 Å². The van der Waals surface area contributed by atoms with E-state index in [0.29, 0.717) is 0 Å². The molecule has 0 rings (SSSR count). The van der Waals surface area contributed by atoms with Gasteiger partial charge in [-0.15, -0.1) is 0 Å². The van der Waals surface area contributed by atoms with Crippen molar-refractivity contribution in [3.8, 4) is 0 Å². The standard InChI is InChI=1S/H3N.H2O.Sb.W.3H/h1H3;1H2;;;;;. The Morgan fingerprint density at radius 2 is 1.00 bits per heavy atom. The van der Waals surface area contributed by atoms with Crippen LogP contribution in [0.2, 0.25) is 0 Å². The summed E-state index contributed by atoms with van der Waals surface area (Å²) in [5, 5.41) is 0. The maximum absolute atomic E-state index is 0. The first-order valence-corrected chi connectivity index (χ1v) is 0. The molecule has 0 unspecified atom stereocenters. The molecule has 30 valence electrons. The Morgan fingerprint density at radius 3 is 1.00 bits per heavy atom. The molecule has 0 aromatic heterocycles. The van der Waals surface area contributed by atoms with Gasteiger partial charge in [0.15, 0.2) is 0 Å². The van der Waals surface area contributed by atoms with Crippen molar-refractivity contribution in [2.24, 2.45) is 0 Å². The van der Waals surface area contributed by atoms with Gasteiger partial charge in [-0.1, -0.05) is 0 Å². The summed E-state index contributed by atoms with van der Waals surface area (Å²) in [5.41, 5.74) is 0. The minimum Gasteiger partial charge on any atom is 0 e. The molecule has 0 aromatic carbocycles. The fourth-order valence-corrected chi connectivity index (χ4v) is 0. The number of hydrogen-bond acceptors (Lipinski definition) is 1. The van der Waals surface area contributed by atoms with E-state index in [0.717, 1.165) is 0 Å². The summed E-state index contributed by atoms with van der Waals surface area (Å²) in [4.78, 5) is 0. The number of hydrogen-bond donors (Lipinski definition) is 1.